The predicted octanol–water partition coefficient (Wildman–Crippen LogP) is 2.57. The van der Waals surface area contributed by atoms with Crippen LogP contribution in [0.4, 0.5) is 0 Å². The molecule has 0 radical (unpaired) electrons. The van der Waals surface area contributed by atoms with Crippen molar-refractivity contribution in [3.8, 4) is 0 Å². The second-order valence-electron chi connectivity index (χ2n) is 4.01. The van der Waals surface area contributed by atoms with E-state index in [1.54, 1.807) is 12.1 Å². The van der Waals surface area contributed by atoms with Crippen LogP contribution in [-0.4, -0.2) is 32.8 Å². The largest absolute Gasteiger partial charge is 0.468 e. The third kappa shape index (κ3) is 5.59. The SMILES string of the molecule is CCOCCCNC(C(=O)OC)c1ccc(Cl)cc1. The fourth-order valence-corrected chi connectivity index (χ4v) is 1.80. The molecule has 1 unspecified atom stereocenters. The number of ether oxygens (including phenoxy) is 2. The molecule has 0 spiro atoms. The van der Waals surface area contributed by atoms with Gasteiger partial charge in [-0.1, -0.05) is 23.7 Å². The van der Waals surface area contributed by atoms with Crippen LogP contribution in [0.3, 0.4) is 0 Å². The summed E-state index contributed by atoms with van der Waals surface area (Å²) < 4.78 is 10.1. The van der Waals surface area contributed by atoms with E-state index < -0.39 is 6.04 Å². The van der Waals surface area contributed by atoms with Gasteiger partial charge in [0.15, 0.2) is 0 Å². The van der Waals surface area contributed by atoms with Gasteiger partial charge in [0.2, 0.25) is 0 Å². The van der Waals surface area contributed by atoms with Crippen molar-refractivity contribution in [3.63, 3.8) is 0 Å². The second-order valence-corrected chi connectivity index (χ2v) is 4.45. The number of esters is 1. The van der Waals surface area contributed by atoms with Crippen molar-refractivity contribution in [2.45, 2.75) is 19.4 Å². The van der Waals surface area contributed by atoms with Gasteiger partial charge in [0.1, 0.15) is 6.04 Å². The first-order valence-corrected chi connectivity index (χ1v) is 6.71. The van der Waals surface area contributed by atoms with Gasteiger partial charge in [-0.25, -0.2) is 4.79 Å². The van der Waals surface area contributed by atoms with Gasteiger partial charge in [-0.3, -0.25) is 0 Å². The Balaban J connectivity index is 2.57. The van der Waals surface area contributed by atoms with E-state index in [9.17, 15) is 4.79 Å². The first kappa shape index (κ1) is 16.0. The molecule has 0 aliphatic carbocycles. The van der Waals surface area contributed by atoms with E-state index >= 15 is 0 Å². The molecule has 106 valence electrons. The van der Waals surface area contributed by atoms with Gasteiger partial charge in [-0.2, -0.15) is 0 Å². The molecule has 0 heterocycles. The van der Waals surface area contributed by atoms with E-state index in [2.05, 4.69) is 5.32 Å². The lowest BCUT2D eigenvalue weighted by Gasteiger charge is -2.17. The molecule has 0 saturated heterocycles. The lowest BCUT2D eigenvalue weighted by Crippen LogP contribution is -2.30. The average Bonchev–Trinajstić information content (AvgIpc) is 2.43. The van der Waals surface area contributed by atoms with Crippen molar-refractivity contribution >= 4 is 17.6 Å². The molecule has 0 fully saturated rings. The van der Waals surface area contributed by atoms with Gasteiger partial charge in [0, 0.05) is 18.2 Å². The quantitative estimate of drug-likeness (QED) is 0.589. The Hall–Kier alpha value is -1.10. The minimum absolute atomic E-state index is 0.307. The Bertz CT molecular complexity index is 381. The maximum atomic E-state index is 11.8. The fraction of sp³-hybridized carbons (Fsp3) is 0.500. The van der Waals surface area contributed by atoms with Gasteiger partial charge >= 0.3 is 5.97 Å². The number of halogens is 1. The van der Waals surface area contributed by atoms with Crippen molar-refractivity contribution in [2.75, 3.05) is 26.9 Å². The molecular weight excluding hydrogens is 266 g/mol. The summed E-state index contributed by atoms with van der Waals surface area (Å²) in [5, 5.41) is 3.81. The van der Waals surface area contributed by atoms with E-state index in [0.29, 0.717) is 24.8 Å². The number of nitrogens with one attached hydrogen (secondary N) is 1. The lowest BCUT2D eigenvalue weighted by molar-refractivity contribution is -0.143. The molecule has 0 aliphatic heterocycles. The van der Waals surface area contributed by atoms with Crippen LogP contribution >= 0.6 is 11.6 Å². The summed E-state index contributed by atoms with van der Waals surface area (Å²) in [5.41, 5.74) is 0.840. The Morgan fingerprint density at radius 2 is 2.05 bits per heavy atom. The number of benzene rings is 1. The Morgan fingerprint density at radius 3 is 2.63 bits per heavy atom. The summed E-state index contributed by atoms with van der Waals surface area (Å²) in [5.74, 6) is -0.307. The number of methoxy groups -OCH3 is 1. The molecule has 19 heavy (non-hydrogen) atoms. The highest BCUT2D eigenvalue weighted by Gasteiger charge is 2.20. The minimum atomic E-state index is -0.469. The predicted molar refractivity (Wildman–Crippen MR) is 75.3 cm³/mol. The van der Waals surface area contributed by atoms with Gasteiger partial charge in [0.05, 0.1) is 7.11 Å². The fourth-order valence-electron chi connectivity index (χ4n) is 1.68. The van der Waals surface area contributed by atoms with Crippen molar-refractivity contribution in [2.24, 2.45) is 0 Å². The van der Waals surface area contributed by atoms with Gasteiger partial charge in [0.25, 0.3) is 0 Å². The molecule has 5 heteroatoms. The molecule has 0 aromatic heterocycles. The third-order valence-electron chi connectivity index (χ3n) is 2.66. The molecule has 1 N–H and O–H groups in total. The molecule has 1 rings (SSSR count). The monoisotopic (exact) mass is 285 g/mol. The zero-order chi connectivity index (χ0) is 14.1. The van der Waals surface area contributed by atoms with Crippen molar-refractivity contribution in [1.82, 2.24) is 5.32 Å². The summed E-state index contributed by atoms with van der Waals surface area (Å²) in [6.07, 6.45) is 0.842. The molecule has 1 atom stereocenters. The topological polar surface area (TPSA) is 47.6 Å². The van der Waals surface area contributed by atoms with Crippen LogP contribution in [-0.2, 0) is 14.3 Å². The normalized spacial score (nSPS) is 12.2. The number of hydrogen-bond acceptors (Lipinski definition) is 4. The van der Waals surface area contributed by atoms with Gasteiger partial charge < -0.3 is 14.8 Å². The minimum Gasteiger partial charge on any atom is -0.468 e. The molecule has 0 aliphatic rings. The van der Waals surface area contributed by atoms with Crippen LogP contribution in [0.5, 0.6) is 0 Å². The molecule has 0 amide bonds. The number of rotatable bonds is 8. The molecule has 0 bridgehead atoms. The van der Waals surface area contributed by atoms with E-state index in [0.717, 1.165) is 12.0 Å². The Kier molecular flexibility index (Phi) is 7.48. The summed E-state index contributed by atoms with van der Waals surface area (Å²) in [4.78, 5) is 11.8. The van der Waals surface area contributed by atoms with E-state index in [4.69, 9.17) is 21.1 Å². The molecule has 1 aromatic carbocycles. The highest BCUT2D eigenvalue weighted by molar-refractivity contribution is 6.30. The number of carbonyl (C=O) groups excluding carboxylic acids is 1. The van der Waals surface area contributed by atoms with Crippen LogP contribution in [0.2, 0.25) is 5.02 Å². The Morgan fingerprint density at radius 1 is 1.37 bits per heavy atom. The van der Waals surface area contributed by atoms with Crippen LogP contribution in [0.25, 0.3) is 0 Å². The van der Waals surface area contributed by atoms with Crippen molar-refractivity contribution in [3.05, 3.63) is 34.9 Å². The number of hydrogen-bond donors (Lipinski definition) is 1. The first-order valence-electron chi connectivity index (χ1n) is 6.33. The first-order chi connectivity index (χ1) is 9.19. The summed E-state index contributed by atoms with van der Waals surface area (Å²) in [6.45, 7) is 4.02. The van der Waals surface area contributed by atoms with Gasteiger partial charge in [-0.05, 0) is 37.6 Å². The zero-order valence-electron chi connectivity index (χ0n) is 11.3. The summed E-state index contributed by atoms with van der Waals surface area (Å²) in [7, 11) is 1.38. The van der Waals surface area contributed by atoms with E-state index in [-0.39, 0.29) is 5.97 Å². The molecule has 0 saturated carbocycles. The van der Waals surface area contributed by atoms with Crippen molar-refractivity contribution in [1.29, 1.82) is 0 Å². The van der Waals surface area contributed by atoms with E-state index in [1.807, 2.05) is 19.1 Å². The van der Waals surface area contributed by atoms with Gasteiger partial charge in [-0.15, -0.1) is 0 Å². The molecule has 1 aromatic rings. The van der Waals surface area contributed by atoms with Crippen LogP contribution in [0.15, 0.2) is 24.3 Å². The summed E-state index contributed by atoms with van der Waals surface area (Å²) >= 11 is 5.84. The maximum absolute atomic E-state index is 11.8. The standard InChI is InChI=1S/C14H20ClNO3/c1-3-19-10-4-9-16-13(14(17)18-2)11-5-7-12(15)8-6-11/h5-8,13,16H,3-4,9-10H2,1-2H3. The smallest absolute Gasteiger partial charge is 0.327 e. The van der Waals surface area contributed by atoms with Crippen molar-refractivity contribution < 1.29 is 14.3 Å². The highest BCUT2D eigenvalue weighted by atomic mass is 35.5. The number of carbonyl (C=O) groups is 1. The van der Waals surface area contributed by atoms with Crippen LogP contribution in [0.1, 0.15) is 24.9 Å². The maximum Gasteiger partial charge on any atom is 0.327 e. The molecular formula is C14H20ClNO3. The summed E-state index contributed by atoms with van der Waals surface area (Å²) in [6, 6.07) is 6.69. The third-order valence-corrected chi connectivity index (χ3v) is 2.91. The second kappa shape index (κ2) is 8.91. The Labute approximate surface area is 119 Å². The van der Waals surface area contributed by atoms with Crippen LogP contribution in [0, 0.1) is 0 Å². The molecule has 4 nitrogen and oxygen atoms in total. The lowest BCUT2D eigenvalue weighted by atomic mass is 10.1. The van der Waals surface area contributed by atoms with E-state index in [1.165, 1.54) is 7.11 Å². The average molecular weight is 286 g/mol. The highest BCUT2D eigenvalue weighted by Crippen LogP contribution is 2.17. The van der Waals surface area contributed by atoms with Crippen LogP contribution < -0.4 is 5.32 Å². The zero-order valence-corrected chi connectivity index (χ0v) is 12.1.